The summed E-state index contributed by atoms with van der Waals surface area (Å²) in [5.41, 5.74) is 1.48. The van der Waals surface area contributed by atoms with E-state index in [4.69, 9.17) is 20.8 Å². The van der Waals surface area contributed by atoms with Gasteiger partial charge in [0, 0.05) is 11.1 Å². The number of carbonyl (C=O) groups excluding carboxylic acids is 1. The van der Waals surface area contributed by atoms with Crippen LogP contribution in [0.1, 0.15) is 22.0 Å². The lowest BCUT2D eigenvalue weighted by molar-refractivity contribution is 0.0688. The van der Waals surface area contributed by atoms with Crippen LogP contribution in [0.2, 0.25) is 5.02 Å². The van der Waals surface area contributed by atoms with Crippen LogP contribution in [0, 0.1) is 13.8 Å². The van der Waals surface area contributed by atoms with Gasteiger partial charge in [-0.15, -0.1) is 0 Å². The van der Waals surface area contributed by atoms with Crippen molar-refractivity contribution in [3.63, 3.8) is 0 Å². The van der Waals surface area contributed by atoms with Gasteiger partial charge in [0.15, 0.2) is 0 Å². The van der Waals surface area contributed by atoms with Gasteiger partial charge in [0.2, 0.25) is 11.6 Å². The van der Waals surface area contributed by atoms with E-state index in [2.05, 4.69) is 5.10 Å². The van der Waals surface area contributed by atoms with Gasteiger partial charge >= 0.3 is 5.97 Å². The maximum Gasteiger partial charge on any atom is 0.380 e. The first kappa shape index (κ1) is 14.4. The SMILES string of the molecule is Cc1cc(OC(=O)c2ccc(C)o2)n(-c2ccc(Cl)cc2)n1. The van der Waals surface area contributed by atoms with Gasteiger partial charge in [-0.2, -0.15) is 5.10 Å². The van der Waals surface area contributed by atoms with Crippen LogP contribution in [0.5, 0.6) is 5.88 Å². The number of carbonyl (C=O) groups is 1. The van der Waals surface area contributed by atoms with E-state index < -0.39 is 5.97 Å². The highest BCUT2D eigenvalue weighted by Crippen LogP contribution is 2.22. The molecule has 2 heterocycles. The summed E-state index contributed by atoms with van der Waals surface area (Å²) in [6.45, 7) is 3.58. The number of halogens is 1. The van der Waals surface area contributed by atoms with Crippen LogP contribution in [-0.4, -0.2) is 15.7 Å². The molecule has 0 aliphatic rings. The molecule has 0 bridgehead atoms. The topological polar surface area (TPSA) is 57.3 Å². The lowest BCUT2D eigenvalue weighted by Gasteiger charge is -2.07. The standard InChI is InChI=1S/C16H13ClN2O3/c1-10-9-15(22-16(20)14-8-3-11(2)21-14)19(18-10)13-6-4-12(17)5-7-13/h3-9H,1-2H3. The van der Waals surface area contributed by atoms with E-state index in [9.17, 15) is 4.79 Å². The molecule has 3 rings (SSSR count). The summed E-state index contributed by atoms with van der Waals surface area (Å²) < 4.78 is 12.2. The van der Waals surface area contributed by atoms with E-state index in [0.717, 1.165) is 11.4 Å². The maximum absolute atomic E-state index is 12.1. The molecule has 3 aromatic rings. The fourth-order valence-corrected chi connectivity index (χ4v) is 2.13. The molecular formula is C16H13ClN2O3. The predicted octanol–water partition coefficient (Wildman–Crippen LogP) is 3.95. The van der Waals surface area contributed by atoms with E-state index in [-0.39, 0.29) is 5.76 Å². The average Bonchev–Trinajstić information content (AvgIpc) is 3.06. The zero-order valence-corrected chi connectivity index (χ0v) is 12.8. The molecule has 2 aromatic heterocycles. The van der Waals surface area contributed by atoms with Gasteiger partial charge < -0.3 is 9.15 Å². The minimum Gasteiger partial charge on any atom is -0.454 e. The fraction of sp³-hybridized carbons (Fsp3) is 0.125. The van der Waals surface area contributed by atoms with Crippen molar-refractivity contribution in [2.45, 2.75) is 13.8 Å². The van der Waals surface area contributed by atoms with Crippen molar-refractivity contribution in [1.82, 2.24) is 9.78 Å². The summed E-state index contributed by atoms with van der Waals surface area (Å²) in [5.74, 6) is 0.551. The second kappa shape index (κ2) is 5.69. The highest BCUT2D eigenvalue weighted by atomic mass is 35.5. The van der Waals surface area contributed by atoms with Crippen molar-refractivity contribution < 1.29 is 13.9 Å². The van der Waals surface area contributed by atoms with Gasteiger partial charge in [-0.1, -0.05) is 11.6 Å². The van der Waals surface area contributed by atoms with E-state index in [0.29, 0.717) is 16.7 Å². The van der Waals surface area contributed by atoms with Crippen LogP contribution in [-0.2, 0) is 0 Å². The molecule has 112 valence electrons. The van der Waals surface area contributed by atoms with Crippen molar-refractivity contribution in [2.75, 3.05) is 0 Å². The fourth-order valence-electron chi connectivity index (χ4n) is 2.01. The van der Waals surface area contributed by atoms with E-state index in [1.165, 1.54) is 0 Å². The lowest BCUT2D eigenvalue weighted by atomic mass is 10.3. The number of hydrogen-bond acceptors (Lipinski definition) is 4. The largest absolute Gasteiger partial charge is 0.454 e. The van der Waals surface area contributed by atoms with Crippen molar-refractivity contribution in [3.05, 3.63) is 64.7 Å². The van der Waals surface area contributed by atoms with Crippen LogP contribution in [0.4, 0.5) is 0 Å². The van der Waals surface area contributed by atoms with E-state index in [1.807, 2.05) is 6.92 Å². The summed E-state index contributed by atoms with van der Waals surface area (Å²) in [6.07, 6.45) is 0. The van der Waals surface area contributed by atoms with Crippen molar-refractivity contribution in [2.24, 2.45) is 0 Å². The molecule has 0 saturated heterocycles. The maximum atomic E-state index is 12.1. The summed E-state index contributed by atoms with van der Waals surface area (Å²) >= 11 is 5.88. The van der Waals surface area contributed by atoms with Gasteiger partial charge in [-0.3, -0.25) is 0 Å². The predicted molar refractivity (Wildman–Crippen MR) is 81.7 cm³/mol. The lowest BCUT2D eigenvalue weighted by Crippen LogP contribution is -2.11. The molecule has 0 amide bonds. The Morgan fingerprint density at radius 1 is 1.18 bits per heavy atom. The highest BCUT2D eigenvalue weighted by molar-refractivity contribution is 6.30. The molecule has 0 saturated carbocycles. The first-order valence-corrected chi connectivity index (χ1v) is 7.02. The Morgan fingerprint density at radius 3 is 2.55 bits per heavy atom. The molecule has 22 heavy (non-hydrogen) atoms. The molecular weight excluding hydrogens is 304 g/mol. The number of nitrogens with zero attached hydrogens (tertiary/aromatic N) is 2. The number of esters is 1. The summed E-state index contributed by atoms with van der Waals surface area (Å²) in [6, 6.07) is 12.0. The van der Waals surface area contributed by atoms with Gasteiger partial charge in [0.05, 0.1) is 11.4 Å². The Hall–Kier alpha value is -2.53. The third-order valence-corrected chi connectivity index (χ3v) is 3.26. The molecule has 0 aliphatic heterocycles. The molecule has 0 N–H and O–H groups in total. The quantitative estimate of drug-likeness (QED) is 0.686. The van der Waals surface area contributed by atoms with E-state index >= 15 is 0 Å². The van der Waals surface area contributed by atoms with Gasteiger partial charge in [0.25, 0.3) is 0 Å². The van der Waals surface area contributed by atoms with E-state index in [1.54, 1.807) is 54.1 Å². The number of aryl methyl sites for hydroxylation is 2. The van der Waals surface area contributed by atoms with Gasteiger partial charge in [-0.25, -0.2) is 9.48 Å². The second-order valence-electron chi connectivity index (χ2n) is 4.81. The summed E-state index contributed by atoms with van der Waals surface area (Å²) in [7, 11) is 0. The molecule has 6 heteroatoms. The van der Waals surface area contributed by atoms with Crippen LogP contribution in [0.25, 0.3) is 5.69 Å². The number of hydrogen-bond donors (Lipinski definition) is 0. The zero-order valence-electron chi connectivity index (χ0n) is 12.0. The molecule has 0 unspecified atom stereocenters. The number of aromatic nitrogens is 2. The number of furan rings is 1. The molecule has 5 nitrogen and oxygen atoms in total. The molecule has 0 fully saturated rings. The van der Waals surface area contributed by atoms with Crippen LogP contribution < -0.4 is 4.74 Å². The Kier molecular flexibility index (Phi) is 3.73. The molecule has 0 radical (unpaired) electrons. The third kappa shape index (κ3) is 2.89. The van der Waals surface area contributed by atoms with Crippen LogP contribution in [0.3, 0.4) is 0 Å². The third-order valence-electron chi connectivity index (χ3n) is 3.01. The van der Waals surface area contributed by atoms with Gasteiger partial charge in [-0.05, 0) is 50.2 Å². The Bertz CT molecular complexity index is 818. The molecule has 0 aliphatic carbocycles. The monoisotopic (exact) mass is 316 g/mol. The normalized spacial score (nSPS) is 10.7. The number of benzene rings is 1. The van der Waals surface area contributed by atoms with Gasteiger partial charge in [0.1, 0.15) is 5.76 Å². The van der Waals surface area contributed by atoms with Crippen molar-refractivity contribution in [3.8, 4) is 11.6 Å². The van der Waals surface area contributed by atoms with Crippen LogP contribution >= 0.6 is 11.6 Å². The second-order valence-corrected chi connectivity index (χ2v) is 5.25. The first-order valence-electron chi connectivity index (χ1n) is 6.64. The Labute approximate surface area is 132 Å². The first-order chi connectivity index (χ1) is 10.5. The molecule has 0 atom stereocenters. The molecule has 0 spiro atoms. The summed E-state index contributed by atoms with van der Waals surface area (Å²) in [4.78, 5) is 12.1. The Morgan fingerprint density at radius 2 is 1.91 bits per heavy atom. The van der Waals surface area contributed by atoms with Crippen molar-refractivity contribution >= 4 is 17.6 Å². The van der Waals surface area contributed by atoms with Crippen molar-refractivity contribution in [1.29, 1.82) is 0 Å². The smallest absolute Gasteiger partial charge is 0.380 e. The molecule has 1 aromatic carbocycles. The zero-order chi connectivity index (χ0) is 15.7. The number of ether oxygens (including phenoxy) is 1. The Balaban J connectivity index is 1.91. The van der Waals surface area contributed by atoms with Crippen LogP contribution in [0.15, 0.2) is 46.9 Å². The highest BCUT2D eigenvalue weighted by Gasteiger charge is 2.17. The summed E-state index contributed by atoms with van der Waals surface area (Å²) in [5, 5.41) is 4.95. The number of rotatable bonds is 3. The minimum absolute atomic E-state index is 0.152. The average molecular weight is 317 g/mol. The minimum atomic E-state index is -0.566.